The van der Waals surface area contributed by atoms with E-state index in [1.807, 2.05) is 0 Å². The van der Waals surface area contributed by atoms with Gasteiger partial charge in [-0.05, 0) is 30.7 Å². The summed E-state index contributed by atoms with van der Waals surface area (Å²) in [7, 11) is 2.19. The van der Waals surface area contributed by atoms with E-state index in [9.17, 15) is 0 Å². The first-order valence-electron chi connectivity index (χ1n) is 5.75. The van der Waals surface area contributed by atoms with Crippen LogP contribution in [0.1, 0.15) is 34.1 Å². The zero-order valence-electron chi connectivity index (χ0n) is 10.4. The highest BCUT2D eigenvalue weighted by Gasteiger charge is 2.33. The van der Waals surface area contributed by atoms with Crippen LogP contribution in [0.3, 0.4) is 0 Å². The van der Waals surface area contributed by atoms with Gasteiger partial charge in [0.15, 0.2) is 0 Å². The second-order valence-electron chi connectivity index (χ2n) is 6.17. The maximum atomic E-state index is 6.14. The van der Waals surface area contributed by atoms with E-state index in [4.69, 9.17) is 5.73 Å². The molecule has 84 valence electrons. The molecule has 0 aromatic rings. The molecule has 0 radical (unpaired) electrons. The van der Waals surface area contributed by atoms with Crippen molar-refractivity contribution in [1.29, 1.82) is 0 Å². The normalized spacial score (nSPS) is 29.4. The van der Waals surface area contributed by atoms with E-state index in [0.717, 1.165) is 18.4 Å². The topological polar surface area (TPSA) is 29.3 Å². The van der Waals surface area contributed by atoms with E-state index in [1.165, 1.54) is 13.0 Å². The third kappa shape index (κ3) is 3.58. The maximum Gasteiger partial charge on any atom is 0.0217 e. The van der Waals surface area contributed by atoms with Crippen molar-refractivity contribution in [3.8, 4) is 0 Å². The summed E-state index contributed by atoms with van der Waals surface area (Å²) in [5.74, 6) is 1.88. The van der Waals surface area contributed by atoms with Gasteiger partial charge in [0.05, 0.1) is 0 Å². The molecule has 3 atom stereocenters. The molecule has 0 saturated heterocycles. The molecule has 0 aromatic heterocycles. The molecule has 2 N–H and O–H groups in total. The predicted octanol–water partition coefficient (Wildman–Crippen LogP) is 1.95. The Bertz CT molecular complexity index is 183. The first kappa shape index (κ1) is 12.0. The lowest BCUT2D eigenvalue weighted by molar-refractivity contribution is 0.220. The lowest BCUT2D eigenvalue weighted by atomic mass is 9.87. The molecule has 1 rings (SSSR count). The van der Waals surface area contributed by atoms with Gasteiger partial charge in [-0.15, -0.1) is 0 Å². The fourth-order valence-electron chi connectivity index (χ4n) is 1.74. The number of nitrogens with zero attached hydrogens (tertiary/aromatic N) is 1. The summed E-state index contributed by atoms with van der Waals surface area (Å²) in [6, 6.07) is 0.279. The van der Waals surface area contributed by atoms with Gasteiger partial charge in [0.2, 0.25) is 0 Å². The SMILES string of the molecule is CC1CC1CN(C)CC(N)C(C)(C)C. The molecule has 1 fully saturated rings. The van der Waals surface area contributed by atoms with Crippen molar-refractivity contribution >= 4 is 0 Å². The van der Waals surface area contributed by atoms with E-state index in [-0.39, 0.29) is 11.5 Å². The van der Waals surface area contributed by atoms with Gasteiger partial charge in [-0.2, -0.15) is 0 Å². The van der Waals surface area contributed by atoms with E-state index in [2.05, 4.69) is 39.6 Å². The molecule has 1 aliphatic carbocycles. The summed E-state index contributed by atoms with van der Waals surface area (Å²) in [4.78, 5) is 2.39. The Morgan fingerprint density at radius 1 is 1.43 bits per heavy atom. The van der Waals surface area contributed by atoms with Crippen LogP contribution in [0.2, 0.25) is 0 Å². The fraction of sp³-hybridized carbons (Fsp3) is 1.00. The van der Waals surface area contributed by atoms with Gasteiger partial charge in [-0.25, -0.2) is 0 Å². The van der Waals surface area contributed by atoms with Crippen LogP contribution in [0.4, 0.5) is 0 Å². The van der Waals surface area contributed by atoms with Crippen molar-refractivity contribution in [1.82, 2.24) is 4.90 Å². The molecule has 14 heavy (non-hydrogen) atoms. The smallest absolute Gasteiger partial charge is 0.0217 e. The van der Waals surface area contributed by atoms with Crippen LogP contribution in [0.15, 0.2) is 0 Å². The maximum absolute atomic E-state index is 6.14. The van der Waals surface area contributed by atoms with Crippen LogP contribution < -0.4 is 5.73 Å². The van der Waals surface area contributed by atoms with Crippen molar-refractivity contribution < 1.29 is 0 Å². The van der Waals surface area contributed by atoms with Crippen molar-refractivity contribution in [3.63, 3.8) is 0 Å². The lowest BCUT2D eigenvalue weighted by Crippen LogP contribution is -2.44. The highest BCUT2D eigenvalue weighted by Crippen LogP contribution is 2.38. The monoisotopic (exact) mass is 198 g/mol. The summed E-state index contributed by atoms with van der Waals surface area (Å²) >= 11 is 0. The molecule has 1 saturated carbocycles. The Morgan fingerprint density at radius 2 is 1.93 bits per heavy atom. The molecule has 1 aliphatic rings. The van der Waals surface area contributed by atoms with Gasteiger partial charge < -0.3 is 10.6 Å². The number of rotatable bonds is 4. The van der Waals surface area contributed by atoms with Gasteiger partial charge in [0, 0.05) is 19.1 Å². The van der Waals surface area contributed by atoms with Crippen LogP contribution in [0.25, 0.3) is 0 Å². The second kappa shape index (κ2) is 4.19. The average Bonchev–Trinajstić information content (AvgIpc) is 2.63. The highest BCUT2D eigenvalue weighted by atomic mass is 15.1. The Labute approximate surface area is 88.8 Å². The van der Waals surface area contributed by atoms with Crippen LogP contribution in [-0.2, 0) is 0 Å². The van der Waals surface area contributed by atoms with Crippen LogP contribution in [0, 0.1) is 17.3 Å². The zero-order chi connectivity index (χ0) is 10.9. The van der Waals surface area contributed by atoms with Gasteiger partial charge >= 0.3 is 0 Å². The Hall–Kier alpha value is -0.0800. The summed E-state index contributed by atoms with van der Waals surface area (Å²) < 4.78 is 0. The first-order valence-corrected chi connectivity index (χ1v) is 5.75. The van der Waals surface area contributed by atoms with Gasteiger partial charge in [-0.1, -0.05) is 27.7 Å². The minimum Gasteiger partial charge on any atom is -0.326 e. The van der Waals surface area contributed by atoms with Gasteiger partial charge in [0.1, 0.15) is 0 Å². The second-order valence-corrected chi connectivity index (χ2v) is 6.17. The molecule has 0 aromatic carbocycles. The van der Waals surface area contributed by atoms with E-state index in [0.29, 0.717) is 0 Å². The molecule has 0 aliphatic heterocycles. The Morgan fingerprint density at radius 3 is 2.29 bits per heavy atom. The third-order valence-corrected chi connectivity index (χ3v) is 3.44. The van der Waals surface area contributed by atoms with Crippen molar-refractivity contribution in [2.24, 2.45) is 23.0 Å². The molecule has 2 heteroatoms. The van der Waals surface area contributed by atoms with Gasteiger partial charge in [0.25, 0.3) is 0 Å². The minimum atomic E-state index is 0.226. The molecular weight excluding hydrogens is 172 g/mol. The number of nitrogens with two attached hydrogens (primary N) is 1. The van der Waals surface area contributed by atoms with Gasteiger partial charge in [-0.3, -0.25) is 0 Å². The summed E-state index contributed by atoms with van der Waals surface area (Å²) in [5.41, 5.74) is 6.37. The lowest BCUT2D eigenvalue weighted by Gasteiger charge is -2.31. The van der Waals surface area contributed by atoms with Crippen molar-refractivity contribution in [3.05, 3.63) is 0 Å². The number of hydrogen-bond acceptors (Lipinski definition) is 2. The Balaban J connectivity index is 2.22. The van der Waals surface area contributed by atoms with Crippen molar-refractivity contribution in [2.45, 2.75) is 40.2 Å². The molecule has 3 unspecified atom stereocenters. The fourth-order valence-corrected chi connectivity index (χ4v) is 1.74. The molecule has 0 amide bonds. The molecule has 0 heterocycles. The Kier molecular flexibility index (Phi) is 3.59. The van der Waals surface area contributed by atoms with E-state index >= 15 is 0 Å². The van der Waals surface area contributed by atoms with Crippen molar-refractivity contribution in [2.75, 3.05) is 20.1 Å². The predicted molar refractivity (Wildman–Crippen MR) is 62.2 cm³/mol. The standard InChI is InChI=1S/C12H26N2/c1-9-6-10(9)7-14(5)8-11(13)12(2,3)4/h9-11H,6-8,13H2,1-5H3. The summed E-state index contributed by atoms with van der Waals surface area (Å²) in [6.07, 6.45) is 1.41. The average molecular weight is 198 g/mol. The largest absolute Gasteiger partial charge is 0.326 e. The highest BCUT2D eigenvalue weighted by molar-refractivity contribution is 4.86. The van der Waals surface area contributed by atoms with E-state index in [1.54, 1.807) is 0 Å². The molecule has 0 bridgehead atoms. The molecule has 2 nitrogen and oxygen atoms in total. The summed E-state index contributed by atoms with van der Waals surface area (Å²) in [5, 5.41) is 0. The van der Waals surface area contributed by atoms with Crippen LogP contribution in [-0.4, -0.2) is 31.1 Å². The molecule has 0 spiro atoms. The minimum absolute atomic E-state index is 0.226. The van der Waals surface area contributed by atoms with Crippen LogP contribution in [0.5, 0.6) is 0 Å². The number of likely N-dealkylation sites (N-methyl/N-ethyl adjacent to an activating group) is 1. The quantitative estimate of drug-likeness (QED) is 0.748. The molecular formula is C12H26N2. The summed E-state index contributed by atoms with van der Waals surface area (Å²) in [6.45, 7) is 11.2. The first-order chi connectivity index (χ1) is 6.30. The third-order valence-electron chi connectivity index (χ3n) is 3.44. The number of hydrogen-bond donors (Lipinski definition) is 1. The van der Waals surface area contributed by atoms with E-state index < -0.39 is 0 Å². The zero-order valence-corrected chi connectivity index (χ0v) is 10.4. The van der Waals surface area contributed by atoms with Crippen LogP contribution >= 0.6 is 0 Å².